The molecule has 0 aromatic heterocycles. The van der Waals surface area contributed by atoms with Crippen LogP contribution in [0.3, 0.4) is 0 Å². The zero-order valence-corrected chi connectivity index (χ0v) is 23.8. The second-order valence-corrected chi connectivity index (χ2v) is 12.0. The van der Waals surface area contributed by atoms with Crippen LogP contribution in [0, 0.1) is 11.8 Å². The van der Waals surface area contributed by atoms with E-state index in [-0.39, 0.29) is 5.97 Å². The summed E-state index contributed by atoms with van der Waals surface area (Å²) < 4.78 is 5.09. The predicted octanol–water partition coefficient (Wildman–Crippen LogP) is 10.4. The van der Waals surface area contributed by atoms with Gasteiger partial charge in [-0.15, -0.1) is 0 Å². The third kappa shape index (κ3) is 8.58. The first-order chi connectivity index (χ1) is 18.7. The van der Waals surface area contributed by atoms with E-state index in [1.54, 1.807) is 5.56 Å². The summed E-state index contributed by atoms with van der Waals surface area (Å²) in [4.78, 5) is 11.1. The molecule has 0 atom stereocenters. The van der Waals surface area contributed by atoms with E-state index < -0.39 is 0 Å². The Bertz CT molecular complexity index is 957. The van der Waals surface area contributed by atoms with Gasteiger partial charge in [0.25, 0.3) is 0 Å². The van der Waals surface area contributed by atoms with Crippen LogP contribution in [0.5, 0.6) is 0 Å². The zero-order valence-electron chi connectivity index (χ0n) is 23.8. The molecule has 2 aliphatic carbocycles. The van der Waals surface area contributed by atoms with E-state index in [4.69, 9.17) is 4.74 Å². The number of hydrogen-bond donors (Lipinski definition) is 0. The first-order valence-corrected chi connectivity index (χ1v) is 15.7. The Kier molecular flexibility index (Phi) is 11.5. The first kappa shape index (κ1) is 28.7. The largest absolute Gasteiger partial charge is 0.463 e. The lowest BCUT2D eigenvalue weighted by molar-refractivity contribution is -0.137. The van der Waals surface area contributed by atoms with Crippen LogP contribution in [0.1, 0.15) is 126 Å². The lowest BCUT2D eigenvalue weighted by atomic mass is 9.76. The maximum atomic E-state index is 11.1. The second kappa shape index (κ2) is 15.3. The second-order valence-electron chi connectivity index (χ2n) is 12.0. The number of unbranched alkanes of at least 4 members (excludes halogenated alkanes) is 3. The molecule has 0 unspecified atom stereocenters. The quantitative estimate of drug-likeness (QED) is 0.151. The first-order valence-electron chi connectivity index (χ1n) is 15.7. The molecule has 2 saturated carbocycles. The highest BCUT2D eigenvalue weighted by molar-refractivity contribution is 5.81. The van der Waals surface area contributed by atoms with Crippen LogP contribution in [0.2, 0.25) is 0 Å². The average Bonchev–Trinajstić information content (AvgIpc) is 2.98. The highest BCUT2D eigenvalue weighted by Crippen LogP contribution is 2.40. The molecular weight excluding hydrogens is 464 g/mol. The summed E-state index contributed by atoms with van der Waals surface area (Å²) in [5.41, 5.74) is 5.74. The van der Waals surface area contributed by atoms with Crippen molar-refractivity contribution in [1.29, 1.82) is 0 Å². The lowest BCUT2D eigenvalue weighted by Crippen LogP contribution is -2.13. The van der Waals surface area contributed by atoms with E-state index in [9.17, 15) is 4.79 Å². The Morgan fingerprint density at radius 3 is 1.58 bits per heavy atom. The standard InChI is InChI=1S/C36H50O2/c1-3-5-6-9-28-11-15-30(16-12-28)32-19-23-34(24-20-32)35-25-21-33(22-26-35)31-17-13-29(14-18-31)10-7-8-27-38-36(37)4-2/h4,19-26,28-31H,2-3,5-18,27H2,1H3. The molecule has 2 aromatic rings. The molecule has 0 aliphatic heterocycles. The Morgan fingerprint density at radius 1 is 0.711 bits per heavy atom. The van der Waals surface area contributed by atoms with Crippen molar-refractivity contribution in [3.63, 3.8) is 0 Å². The Hall–Kier alpha value is -2.35. The summed E-state index contributed by atoms with van der Waals surface area (Å²) in [6.45, 7) is 6.27. The fourth-order valence-electron chi connectivity index (χ4n) is 6.91. The van der Waals surface area contributed by atoms with E-state index in [2.05, 4.69) is 62.0 Å². The number of hydrogen-bond acceptors (Lipinski definition) is 2. The molecule has 0 radical (unpaired) electrons. The average molecular weight is 515 g/mol. The van der Waals surface area contributed by atoms with Gasteiger partial charge in [0.2, 0.25) is 0 Å². The smallest absolute Gasteiger partial charge is 0.330 e. The lowest BCUT2D eigenvalue weighted by Gasteiger charge is -2.29. The van der Waals surface area contributed by atoms with E-state index in [1.807, 2.05) is 0 Å². The molecule has 2 fully saturated rings. The molecule has 0 heterocycles. The van der Waals surface area contributed by atoms with Gasteiger partial charge in [0.05, 0.1) is 6.61 Å². The minimum atomic E-state index is -0.306. The van der Waals surface area contributed by atoms with E-state index in [0.717, 1.165) is 30.6 Å². The van der Waals surface area contributed by atoms with E-state index >= 15 is 0 Å². The van der Waals surface area contributed by atoms with Crippen molar-refractivity contribution >= 4 is 5.97 Å². The van der Waals surface area contributed by atoms with Gasteiger partial charge in [0, 0.05) is 6.08 Å². The predicted molar refractivity (Wildman–Crippen MR) is 160 cm³/mol. The minimum absolute atomic E-state index is 0.306. The molecule has 0 amide bonds. The molecule has 0 spiro atoms. The summed E-state index contributed by atoms with van der Waals surface area (Å²) >= 11 is 0. The van der Waals surface area contributed by atoms with Crippen LogP contribution < -0.4 is 0 Å². The third-order valence-electron chi connectivity index (χ3n) is 9.42. The molecule has 2 aromatic carbocycles. The van der Waals surface area contributed by atoms with Gasteiger partial charge in [0.15, 0.2) is 0 Å². The molecule has 2 heteroatoms. The fraction of sp³-hybridized carbons (Fsp3) is 0.583. The van der Waals surface area contributed by atoms with Crippen molar-refractivity contribution in [2.75, 3.05) is 6.61 Å². The number of carbonyl (C=O) groups excluding carboxylic acids is 1. The maximum Gasteiger partial charge on any atom is 0.330 e. The van der Waals surface area contributed by atoms with Crippen molar-refractivity contribution in [3.05, 3.63) is 72.3 Å². The monoisotopic (exact) mass is 514 g/mol. The van der Waals surface area contributed by atoms with Crippen LogP contribution in [-0.4, -0.2) is 12.6 Å². The molecule has 38 heavy (non-hydrogen) atoms. The molecule has 2 nitrogen and oxygen atoms in total. The van der Waals surface area contributed by atoms with Crippen molar-refractivity contribution in [2.24, 2.45) is 11.8 Å². The summed E-state index contributed by atoms with van der Waals surface area (Å²) in [5, 5.41) is 0. The van der Waals surface area contributed by atoms with Gasteiger partial charge >= 0.3 is 5.97 Å². The molecule has 0 bridgehead atoms. The highest BCUT2D eigenvalue weighted by atomic mass is 16.5. The fourth-order valence-corrected chi connectivity index (χ4v) is 6.91. The number of rotatable bonds is 13. The maximum absolute atomic E-state index is 11.1. The van der Waals surface area contributed by atoms with Crippen molar-refractivity contribution < 1.29 is 9.53 Å². The highest BCUT2D eigenvalue weighted by Gasteiger charge is 2.23. The number of ether oxygens (including phenoxy) is 1. The van der Waals surface area contributed by atoms with Crippen molar-refractivity contribution in [3.8, 4) is 11.1 Å². The molecule has 4 rings (SSSR count). The van der Waals surface area contributed by atoms with Crippen molar-refractivity contribution in [2.45, 2.75) is 115 Å². The molecule has 2 aliphatic rings. The number of esters is 1. The van der Waals surface area contributed by atoms with Crippen LogP contribution in [0.15, 0.2) is 61.2 Å². The van der Waals surface area contributed by atoms with Gasteiger partial charge in [-0.25, -0.2) is 4.79 Å². The summed E-state index contributed by atoms with van der Waals surface area (Å²) in [6.07, 6.45) is 21.1. The van der Waals surface area contributed by atoms with E-state index in [0.29, 0.717) is 12.5 Å². The van der Waals surface area contributed by atoms with Gasteiger partial charge in [-0.3, -0.25) is 0 Å². The minimum Gasteiger partial charge on any atom is -0.463 e. The zero-order chi connectivity index (χ0) is 26.6. The van der Waals surface area contributed by atoms with Gasteiger partial charge in [0.1, 0.15) is 0 Å². The number of benzene rings is 2. The summed E-state index contributed by atoms with van der Waals surface area (Å²) in [7, 11) is 0. The molecular formula is C36H50O2. The van der Waals surface area contributed by atoms with Gasteiger partial charge in [-0.05, 0) is 110 Å². The summed E-state index contributed by atoms with van der Waals surface area (Å²) in [5.74, 6) is 2.97. The number of carbonyl (C=O) groups is 1. The normalized spacial score (nSPS) is 23.6. The van der Waals surface area contributed by atoms with Crippen LogP contribution in [0.25, 0.3) is 11.1 Å². The van der Waals surface area contributed by atoms with Gasteiger partial charge in [-0.2, -0.15) is 0 Å². The van der Waals surface area contributed by atoms with Crippen LogP contribution in [0.4, 0.5) is 0 Å². The Balaban J connectivity index is 1.19. The molecule has 206 valence electrons. The van der Waals surface area contributed by atoms with Crippen LogP contribution in [-0.2, 0) is 9.53 Å². The SMILES string of the molecule is C=CC(=O)OCCCCC1CCC(c2ccc(-c3ccc(C4CCC(CCCCC)CC4)cc3)cc2)CC1. The van der Waals surface area contributed by atoms with Gasteiger partial charge < -0.3 is 4.74 Å². The topological polar surface area (TPSA) is 26.3 Å². The Morgan fingerprint density at radius 2 is 1.16 bits per heavy atom. The van der Waals surface area contributed by atoms with Gasteiger partial charge in [-0.1, -0.05) is 94.1 Å². The molecule has 0 N–H and O–H groups in total. The van der Waals surface area contributed by atoms with Crippen molar-refractivity contribution in [1.82, 2.24) is 0 Å². The molecule has 0 saturated heterocycles. The van der Waals surface area contributed by atoms with E-state index in [1.165, 1.54) is 106 Å². The third-order valence-corrected chi connectivity index (χ3v) is 9.42. The Labute approximate surface area is 232 Å². The summed E-state index contributed by atoms with van der Waals surface area (Å²) in [6, 6.07) is 18.9. The van der Waals surface area contributed by atoms with Crippen LogP contribution >= 0.6 is 0 Å².